The number of para-hydroxylation sites is 2. The number of nitrogens with zero attached hydrogens (tertiary/aromatic N) is 3. The lowest BCUT2D eigenvalue weighted by molar-refractivity contribution is -0.117. The molecule has 0 N–H and O–H groups in total. The van der Waals surface area contributed by atoms with E-state index < -0.39 is 0 Å². The SMILES string of the molecule is COc1ccc(OC)c(N2CC(c3nc4ccccc4n3CCOc3cc(C)ccc3C)CC2=O)c1. The fraction of sp³-hybridized carbons (Fsp3) is 0.310. The van der Waals surface area contributed by atoms with Crippen molar-refractivity contribution in [2.24, 2.45) is 0 Å². The lowest BCUT2D eigenvalue weighted by Gasteiger charge is -2.20. The van der Waals surface area contributed by atoms with Crippen LogP contribution in [0.5, 0.6) is 17.2 Å². The van der Waals surface area contributed by atoms with Crippen molar-refractivity contribution < 1.29 is 19.0 Å². The van der Waals surface area contributed by atoms with Crippen molar-refractivity contribution >= 4 is 22.6 Å². The van der Waals surface area contributed by atoms with E-state index in [0.29, 0.717) is 43.3 Å². The van der Waals surface area contributed by atoms with Crippen LogP contribution in [0.4, 0.5) is 5.69 Å². The molecule has 0 radical (unpaired) electrons. The molecule has 3 aromatic carbocycles. The Hall–Kier alpha value is -4.00. The minimum atomic E-state index is -0.0542. The number of ether oxygens (including phenoxy) is 3. The summed E-state index contributed by atoms with van der Waals surface area (Å²) < 4.78 is 19.3. The van der Waals surface area contributed by atoms with Gasteiger partial charge in [-0.05, 0) is 55.3 Å². The molecular weight excluding hydrogens is 454 g/mol. The topological polar surface area (TPSA) is 65.8 Å². The van der Waals surface area contributed by atoms with Gasteiger partial charge in [0.25, 0.3) is 0 Å². The van der Waals surface area contributed by atoms with Gasteiger partial charge in [0.05, 0.1) is 37.5 Å². The van der Waals surface area contributed by atoms with Crippen molar-refractivity contribution in [1.29, 1.82) is 0 Å². The molecule has 1 amide bonds. The summed E-state index contributed by atoms with van der Waals surface area (Å²) in [5, 5.41) is 0. The van der Waals surface area contributed by atoms with Crippen molar-refractivity contribution in [2.45, 2.75) is 32.7 Å². The first kappa shape index (κ1) is 23.7. The smallest absolute Gasteiger partial charge is 0.227 e. The van der Waals surface area contributed by atoms with E-state index in [1.54, 1.807) is 19.1 Å². The van der Waals surface area contributed by atoms with Gasteiger partial charge in [-0.3, -0.25) is 4.79 Å². The first-order chi connectivity index (χ1) is 17.5. The molecule has 0 saturated carbocycles. The van der Waals surface area contributed by atoms with Gasteiger partial charge in [0.15, 0.2) is 0 Å². The molecule has 0 bridgehead atoms. The molecule has 7 heteroatoms. The number of aromatic nitrogens is 2. The van der Waals surface area contributed by atoms with Gasteiger partial charge >= 0.3 is 0 Å². The average molecular weight is 486 g/mol. The van der Waals surface area contributed by atoms with Gasteiger partial charge in [0.2, 0.25) is 5.91 Å². The van der Waals surface area contributed by atoms with Crippen LogP contribution < -0.4 is 19.1 Å². The lowest BCUT2D eigenvalue weighted by Crippen LogP contribution is -2.25. The third-order valence-electron chi connectivity index (χ3n) is 6.77. The predicted molar refractivity (Wildman–Crippen MR) is 140 cm³/mol. The largest absolute Gasteiger partial charge is 0.497 e. The van der Waals surface area contributed by atoms with E-state index in [-0.39, 0.29) is 11.8 Å². The summed E-state index contributed by atoms with van der Waals surface area (Å²) in [6, 6.07) is 19.8. The van der Waals surface area contributed by atoms with Crippen LogP contribution in [-0.4, -0.2) is 42.8 Å². The van der Waals surface area contributed by atoms with Crippen molar-refractivity contribution in [3.63, 3.8) is 0 Å². The number of benzene rings is 3. The zero-order chi connectivity index (χ0) is 25.2. The first-order valence-corrected chi connectivity index (χ1v) is 12.2. The average Bonchev–Trinajstić information content (AvgIpc) is 3.46. The normalized spacial score (nSPS) is 15.5. The van der Waals surface area contributed by atoms with Crippen LogP contribution in [0.15, 0.2) is 60.7 Å². The maximum atomic E-state index is 13.2. The zero-order valence-electron chi connectivity index (χ0n) is 21.2. The molecular formula is C29H31N3O4. The quantitative estimate of drug-likeness (QED) is 0.340. The molecule has 2 heterocycles. The number of carbonyl (C=O) groups is 1. The van der Waals surface area contributed by atoms with Crippen LogP contribution in [0.25, 0.3) is 11.0 Å². The Kier molecular flexibility index (Phi) is 6.55. The fourth-order valence-corrected chi connectivity index (χ4v) is 4.87. The number of imidazole rings is 1. The number of anilines is 1. The highest BCUT2D eigenvalue weighted by molar-refractivity contribution is 5.98. The highest BCUT2D eigenvalue weighted by Gasteiger charge is 2.36. The van der Waals surface area contributed by atoms with Gasteiger partial charge in [-0.2, -0.15) is 0 Å². The minimum absolute atomic E-state index is 0.0387. The Morgan fingerprint density at radius 2 is 1.81 bits per heavy atom. The molecule has 1 atom stereocenters. The standard InChI is InChI=1S/C29H31N3O4/c1-19-9-10-20(2)27(15-19)36-14-13-31-24-8-6-5-7-23(24)30-29(31)21-16-28(33)32(18-21)25-17-22(34-3)11-12-26(25)35-4/h5-12,15,17,21H,13-14,16,18H2,1-4H3. The maximum absolute atomic E-state index is 13.2. The molecule has 1 unspecified atom stereocenters. The van der Waals surface area contributed by atoms with Crippen LogP contribution in [0.1, 0.15) is 29.3 Å². The maximum Gasteiger partial charge on any atom is 0.227 e. The van der Waals surface area contributed by atoms with Gasteiger partial charge in [-0.25, -0.2) is 4.98 Å². The van der Waals surface area contributed by atoms with Gasteiger partial charge < -0.3 is 23.7 Å². The molecule has 186 valence electrons. The summed E-state index contributed by atoms with van der Waals surface area (Å²) in [6.07, 6.45) is 0.377. The third kappa shape index (κ3) is 4.49. The molecule has 4 aromatic rings. The van der Waals surface area contributed by atoms with Crippen molar-refractivity contribution in [3.8, 4) is 17.2 Å². The van der Waals surface area contributed by atoms with E-state index in [2.05, 4.69) is 42.7 Å². The first-order valence-electron chi connectivity index (χ1n) is 12.2. The van der Waals surface area contributed by atoms with Crippen LogP contribution in [0.2, 0.25) is 0 Å². The third-order valence-corrected chi connectivity index (χ3v) is 6.77. The number of hydrogen-bond donors (Lipinski definition) is 0. The molecule has 1 aromatic heterocycles. The van der Waals surface area contributed by atoms with E-state index in [0.717, 1.165) is 28.2 Å². The molecule has 1 aliphatic rings. The zero-order valence-corrected chi connectivity index (χ0v) is 21.2. The molecule has 1 aliphatic heterocycles. The van der Waals surface area contributed by atoms with Crippen molar-refractivity contribution in [3.05, 3.63) is 77.6 Å². The summed E-state index contributed by atoms with van der Waals surface area (Å²) in [7, 11) is 3.22. The Balaban J connectivity index is 1.43. The predicted octanol–water partition coefficient (Wildman–Crippen LogP) is 5.27. The van der Waals surface area contributed by atoms with Gasteiger partial charge in [0, 0.05) is 24.9 Å². The fourth-order valence-electron chi connectivity index (χ4n) is 4.87. The second kappa shape index (κ2) is 9.93. The molecule has 0 spiro atoms. The minimum Gasteiger partial charge on any atom is -0.497 e. The number of rotatable bonds is 8. The number of aryl methyl sites for hydroxylation is 2. The van der Waals surface area contributed by atoms with E-state index in [9.17, 15) is 4.79 Å². The molecule has 1 fully saturated rings. The van der Waals surface area contributed by atoms with Crippen LogP contribution in [-0.2, 0) is 11.3 Å². The van der Waals surface area contributed by atoms with Crippen LogP contribution >= 0.6 is 0 Å². The second-order valence-electron chi connectivity index (χ2n) is 9.17. The van der Waals surface area contributed by atoms with E-state index in [4.69, 9.17) is 19.2 Å². The van der Waals surface area contributed by atoms with E-state index in [1.165, 1.54) is 5.56 Å². The summed E-state index contributed by atoms with van der Waals surface area (Å²) >= 11 is 0. The Bertz CT molecular complexity index is 1410. The highest BCUT2D eigenvalue weighted by Crippen LogP contribution is 2.39. The number of methoxy groups -OCH3 is 2. The van der Waals surface area contributed by atoms with Crippen molar-refractivity contribution in [1.82, 2.24) is 9.55 Å². The number of amides is 1. The van der Waals surface area contributed by atoms with Crippen LogP contribution in [0, 0.1) is 13.8 Å². The summed E-state index contributed by atoms with van der Waals surface area (Å²) in [6.45, 7) is 5.78. The van der Waals surface area contributed by atoms with Crippen LogP contribution in [0.3, 0.4) is 0 Å². The van der Waals surface area contributed by atoms with E-state index in [1.807, 2.05) is 36.4 Å². The van der Waals surface area contributed by atoms with Gasteiger partial charge in [-0.15, -0.1) is 0 Å². The lowest BCUT2D eigenvalue weighted by atomic mass is 10.1. The summed E-state index contributed by atoms with van der Waals surface area (Å²) in [4.78, 5) is 19.9. The Labute approximate surface area is 211 Å². The molecule has 5 rings (SSSR count). The number of carbonyl (C=O) groups excluding carboxylic acids is 1. The highest BCUT2D eigenvalue weighted by atomic mass is 16.5. The molecule has 7 nitrogen and oxygen atoms in total. The molecule has 1 saturated heterocycles. The van der Waals surface area contributed by atoms with E-state index >= 15 is 0 Å². The summed E-state index contributed by atoms with van der Waals surface area (Å²) in [5.41, 5.74) is 4.96. The Morgan fingerprint density at radius 1 is 0.972 bits per heavy atom. The number of hydrogen-bond acceptors (Lipinski definition) is 5. The molecule has 0 aliphatic carbocycles. The van der Waals surface area contributed by atoms with Gasteiger partial charge in [0.1, 0.15) is 29.7 Å². The summed E-state index contributed by atoms with van der Waals surface area (Å²) in [5.74, 6) is 3.10. The number of fused-ring (bicyclic) bond motifs is 1. The second-order valence-corrected chi connectivity index (χ2v) is 9.17. The van der Waals surface area contributed by atoms with Gasteiger partial charge in [-0.1, -0.05) is 24.3 Å². The Morgan fingerprint density at radius 3 is 2.61 bits per heavy atom. The van der Waals surface area contributed by atoms with Crippen molar-refractivity contribution in [2.75, 3.05) is 32.3 Å². The monoisotopic (exact) mass is 485 g/mol. The molecule has 36 heavy (non-hydrogen) atoms.